The van der Waals surface area contributed by atoms with Crippen LogP contribution in [0.1, 0.15) is 37.7 Å². The Morgan fingerprint density at radius 3 is 2.87 bits per heavy atom. The van der Waals surface area contributed by atoms with Crippen LogP contribution in [-0.4, -0.2) is 21.7 Å². The highest BCUT2D eigenvalue weighted by atomic mass is 16.3. The van der Waals surface area contributed by atoms with Gasteiger partial charge in [-0.1, -0.05) is 17.7 Å². The van der Waals surface area contributed by atoms with Gasteiger partial charge in [-0.15, -0.1) is 0 Å². The summed E-state index contributed by atoms with van der Waals surface area (Å²) >= 11 is 0. The molecule has 1 aromatic rings. The minimum Gasteiger partial charge on any atom is -0.504 e. The first-order valence-electron chi connectivity index (χ1n) is 8.23. The van der Waals surface area contributed by atoms with Gasteiger partial charge in [0.15, 0.2) is 11.5 Å². The topological polar surface area (TPSA) is 69.6 Å². The summed E-state index contributed by atoms with van der Waals surface area (Å²) in [6.07, 6.45) is 11.3. The van der Waals surface area contributed by atoms with Gasteiger partial charge in [0, 0.05) is 11.6 Å². The largest absolute Gasteiger partial charge is 0.504 e. The van der Waals surface area contributed by atoms with Gasteiger partial charge in [-0.05, 0) is 67.7 Å². The minimum atomic E-state index is -0.180. The van der Waals surface area contributed by atoms with Crippen molar-refractivity contribution < 1.29 is 15.0 Å². The van der Waals surface area contributed by atoms with Gasteiger partial charge in [-0.25, -0.2) is 0 Å². The van der Waals surface area contributed by atoms with Crippen molar-refractivity contribution in [3.8, 4) is 11.5 Å². The van der Waals surface area contributed by atoms with Crippen molar-refractivity contribution in [1.82, 2.24) is 5.32 Å². The lowest BCUT2D eigenvalue weighted by Gasteiger charge is -2.52. The third kappa shape index (κ3) is 2.74. The van der Waals surface area contributed by atoms with Gasteiger partial charge < -0.3 is 15.5 Å². The number of nitrogens with one attached hydrogen (secondary N) is 1. The molecule has 1 amide bonds. The average Bonchev–Trinajstić information content (AvgIpc) is 2.46. The molecule has 0 saturated heterocycles. The molecule has 0 radical (unpaired) electrons. The van der Waals surface area contributed by atoms with Crippen LogP contribution in [0.5, 0.6) is 11.5 Å². The van der Waals surface area contributed by atoms with Crippen LogP contribution < -0.4 is 5.32 Å². The standard InChI is InChI=1S/C19H21NO3/c21-16-3-1-12(8-17(16)22)2-4-18(23)20-19-9-13-5-14(10-19)7-15(6-13)11-19/h1-5,8,13,15,21-22H,6-7,9-11H2,(H,20,23)/b4-2+. The lowest BCUT2D eigenvalue weighted by molar-refractivity contribution is -0.119. The molecule has 3 N–H and O–H groups in total. The molecule has 4 aliphatic carbocycles. The fraction of sp³-hybridized carbons (Fsp3) is 0.421. The Hall–Kier alpha value is -2.23. The third-order valence-corrected chi connectivity index (χ3v) is 5.37. The van der Waals surface area contributed by atoms with Crippen molar-refractivity contribution in [2.45, 2.75) is 37.6 Å². The molecule has 0 aromatic heterocycles. The number of phenolic OH excluding ortho intramolecular Hbond substituents is 2. The maximum atomic E-state index is 12.3. The average molecular weight is 311 g/mol. The molecule has 4 nitrogen and oxygen atoms in total. The summed E-state index contributed by atoms with van der Waals surface area (Å²) in [5.41, 5.74) is 2.16. The Balaban J connectivity index is 1.45. The van der Waals surface area contributed by atoms with Crippen molar-refractivity contribution in [3.05, 3.63) is 41.5 Å². The molecule has 23 heavy (non-hydrogen) atoms. The fourth-order valence-electron chi connectivity index (χ4n) is 4.76. The number of benzene rings is 1. The minimum absolute atomic E-state index is 0.0472. The third-order valence-electron chi connectivity index (χ3n) is 5.37. The fourth-order valence-corrected chi connectivity index (χ4v) is 4.76. The van der Waals surface area contributed by atoms with E-state index in [0.717, 1.165) is 25.2 Å². The second-order valence-electron chi connectivity index (χ2n) is 7.33. The van der Waals surface area contributed by atoms with Crippen LogP contribution in [0, 0.1) is 11.8 Å². The summed E-state index contributed by atoms with van der Waals surface area (Å²) in [6.45, 7) is 0. The van der Waals surface area contributed by atoms with E-state index in [1.54, 1.807) is 12.1 Å². The van der Waals surface area contributed by atoms with E-state index < -0.39 is 0 Å². The van der Waals surface area contributed by atoms with Gasteiger partial charge >= 0.3 is 0 Å². The zero-order valence-electron chi connectivity index (χ0n) is 13.0. The summed E-state index contributed by atoms with van der Waals surface area (Å²) in [5.74, 6) is 0.958. The van der Waals surface area contributed by atoms with Crippen LogP contribution in [-0.2, 0) is 4.79 Å². The zero-order valence-corrected chi connectivity index (χ0v) is 13.0. The number of hydrogen-bond acceptors (Lipinski definition) is 3. The van der Waals surface area contributed by atoms with Gasteiger partial charge in [-0.2, -0.15) is 0 Å². The smallest absolute Gasteiger partial charge is 0.244 e. The highest BCUT2D eigenvalue weighted by Gasteiger charge is 2.47. The maximum absolute atomic E-state index is 12.3. The first-order valence-corrected chi connectivity index (χ1v) is 8.23. The Morgan fingerprint density at radius 2 is 2.13 bits per heavy atom. The number of aromatic hydroxyl groups is 2. The van der Waals surface area contributed by atoms with Gasteiger partial charge in [0.1, 0.15) is 0 Å². The van der Waals surface area contributed by atoms with Gasteiger partial charge in [0.05, 0.1) is 0 Å². The quantitative estimate of drug-likeness (QED) is 0.456. The van der Waals surface area contributed by atoms with Crippen molar-refractivity contribution in [2.75, 3.05) is 0 Å². The first-order chi connectivity index (χ1) is 11.0. The molecule has 4 aliphatic rings. The molecule has 1 aromatic carbocycles. The maximum Gasteiger partial charge on any atom is 0.244 e. The monoisotopic (exact) mass is 311 g/mol. The molecule has 0 heterocycles. The molecular formula is C19H21NO3. The van der Waals surface area contributed by atoms with Crippen LogP contribution in [0.25, 0.3) is 6.08 Å². The predicted octanol–water partition coefficient (Wildman–Crippen LogP) is 3.12. The van der Waals surface area contributed by atoms with E-state index in [9.17, 15) is 15.0 Å². The molecule has 5 rings (SSSR count). The molecule has 2 saturated carbocycles. The van der Waals surface area contributed by atoms with Crippen molar-refractivity contribution in [1.29, 1.82) is 0 Å². The summed E-state index contributed by atoms with van der Waals surface area (Å²) in [7, 11) is 0. The molecule has 0 aliphatic heterocycles. The van der Waals surface area contributed by atoms with E-state index in [2.05, 4.69) is 11.4 Å². The van der Waals surface area contributed by atoms with E-state index in [1.165, 1.54) is 36.6 Å². The van der Waals surface area contributed by atoms with Crippen LogP contribution in [0.3, 0.4) is 0 Å². The Kier molecular flexibility index (Phi) is 3.22. The summed E-state index contributed by atoms with van der Waals surface area (Å²) < 4.78 is 0. The van der Waals surface area contributed by atoms with Crippen molar-refractivity contribution >= 4 is 12.0 Å². The Labute approximate surface area is 135 Å². The molecule has 3 unspecified atom stereocenters. The summed E-state index contributed by atoms with van der Waals surface area (Å²) in [6, 6.07) is 4.52. The number of rotatable bonds is 3. The van der Waals surface area contributed by atoms with Gasteiger partial charge in [-0.3, -0.25) is 4.79 Å². The van der Waals surface area contributed by atoms with Crippen LogP contribution in [0.15, 0.2) is 35.9 Å². The number of allylic oxidation sites excluding steroid dienone is 1. The number of carbonyl (C=O) groups excluding carboxylic acids is 1. The molecule has 4 heteroatoms. The van der Waals surface area contributed by atoms with Crippen molar-refractivity contribution in [3.63, 3.8) is 0 Å². The van der Waals surface area contributed by atoms with Gasteiger partial charge in [0.2, 0.25) is 5.91 Å². The molecular weight excluding hydrogens is 290 g/mol. The van der Waals surface area contributed by atoms with Crippen molar-refractivity contribution in [2.24, 2.45) is 11.8 Å². The van der Waals surface area contributed by atoms with E-state index in [1.807, 2.05) is 0 Å². The van der Waals surface area contributed by atoms with E-state index in [0.29, 0.717) is 11.5 Å². The second kappa shape index (κ2) is 5.15. The SMILES string of the molecule is O=C(/C=C/c1ccc(O)c(O)c1)NC12CC3=CC(CC(C3)C1)C2. The number of carbonyl (C=O) groups is 1. The number of hydrogen-bond donors (Lipinski definition) is 3. The predicted molar refractivity (Wildman–Crippen MR) is 87.8 cm³/mol. The lowest BCUT2D eigenvalue weighted by Crippen LogP contribution is -2.56. The lowest BCUT2D eigenvalue weighted by atomic mass is 9.57. The molecule has 2 fully saturated rings. The highest BCUT2D eigenvalue weighted by Crippen LogP contribution is 2.52. The van der Waals surface area contributed by atoms with Gasteiger partial charge in [0.25, 0.3) is 0 Å². The second-order valence-corrected chi connectivity index (χ2v) is 7.33. The van der Waals surface area contributed by atoms with E-state index >= 15 is 0 Å². The van der Waals surface area contributed by atoms with Crippen LogP contribution in [0.2, 0.25) is 0 Å². The van der Waals surface area contributed by atoms with E-state index in [4.69, 9.17) is 0 Å². The van der Waals surface area contributed by atoms with Crippen LogP contribution >= 0.6 is 0 Å². The number of phenols is 2. The molecule has 3 atom stereocenters. The van der Waals surface area contributed by atoms with Crippen LogP contribution in [0.4, 0.5) is 0 Å². The zero-order chi connectivity index (χ0) is 16.0. The Bertz CT molecular complexity index is 721. The highest BCUT2D eigenvalue weighted by molar-refractivity contribution is 5.92. The first kappa shape index (κ1) is 14.4. The molecule has 120 valence electrons. The molecule has 4 bridgehead atoms. The molecule has 0 spiro atoms. The normalized spacial score (nSPS) is 31.4. The van der Waals surface area contributed by atoms with E-state index in [-0.39, 0.29) is 22.9 Å². The summed E-state index contributed by atoms with van der Waals surface area (Å²) in [4.78, 5) is 12.3. The Morgan fingerprint density at radius 1 is 1.26 bits per heavy atom. The number of amides is 1. The summed E-state index contributed by atoms with van der Waals surface area (Å²) in [5, 5.41) is 22.0.